The Morgan fingerprint density at radius 2 is 1.68 bits per heavy atom. The van der Waals surface area contributed by atoms with E-state index in [4.69, 9.17) is 0 Å². The van der Waals surface area contributed by atoms with Crippen LogP contribution < -0.4 is 10.0 Å². The minimum atomic E-state index is -3.92. The van der Waals surface area contributed by atoms with E-state index in [0.717, 1.165) is 17.0 Å². The molecule has 0 aliphatic heterocycles. The van der Waals surface area contributed by atoms with Crippen molar-refractivity contribution in [3.05, 3.63) is 84.2 Å². The summed E-state index contributed by atoms with van der Waals surface area (Å²) in [4.78, 5) is 13.4. The van der Waals surface area contributed by atoms with Crippen LogP contribution in [-0.2, 0) is 10.0 Å². The van der Waals surface area contributed by atoms with Crippen LogP contribution in [0.15, 0.2) is 82.6 Å². The molecule has 1 amide bonds. The van der Waals surface area contributed by atoms with Gasteiger partial charge in [-0.25, -0.2) is 12.8 Å². The van der Waals surface area contributed by atoms with Crippen molar-refractivity contribution >= 4 is 39.1 Å². The summed E-state index contributed by atoms with van der Waals surface area (Å²) in [5.74, 6) is -0.882. The molecule has 5 nitrogen and oxygen atoms in total. The Balaban J connectivity index is 1.83. The average Bonchev–Trinajstić information content (AvgIpc) is 2.70. The fraction of sp³-hybridized carbons (Fsp3) is 0.0500. The minimum absolute atomic E-state index is 0.0670. The van der Waals surface area contributed by atoms with Crippen LogP contribution in [0.25, 0.3) is 0 Å². The Morgan fingerprint density at radius 1 is 0.964 bits per heavy atom. The molecule has 3 rings (SSSR count). The molecule has 0 aliphatic carbocycles. The summed E-state index contributed by atoms with van der Waals surface area (Å²) in [7, 11) is -3.92. The van der Waals surface area contributed by atoms with Crippen LogP contribution >= 0.6 is 11.8 Å². The lowest BCUT2D eigenvalue weighted by Gasteiger charge is -2.11. The molecule has 0 aromatic heterocycles. The number of amides is 1. The van der Waals surface area contributed by atoms with E-state index < -0.39 is 21.7 Å². The predicted octanol–water partition coefficient (Wildman–Crippen LogP) is 4.60. The summed E-state index contributed by atoms with van der Waals surface area (Å²) in [6.07, 6.45) is 1.90. The maximum Gasteiger partial charge on any atom is 0.261 e. The van der Waals surface area contributed by atoms with E-state index in [-0.39, 0.29) is 16.1 Å². The van der Waals surface area contributed by atoms with Gasteiger partial charge in [0.05, 0.1) is 10.6 Å². The molecule has 0 radical (unpaired) electrons. The number of benzene rings is 3. The molecule has 144 valence electrons. The largest absolute Gasteiger partial charge is 0.321 e. The number of thioether (sulfide) groups is 1. The highest BCUT2D eigenvalue weighted by Gasteiger charge is 2.17. The molecule has 8 heteroatoms. The maximum atomic E-state index is 13.0. The Kier molecular flexibility index (Phi) is 6.01. The second kappa shape index (κ2) is 8.45. The molecule has 0 unspecified atom stereocenters. The van der Waals surface area contributed by atoms with Crippen molar-refractivity contribution in [3.63, 3.8) is 0 Å². The Morgan fingerprint density at radius 3 is 2.39 bits per heavy atom. The van der Waals surface area contributed by atoms with Crippen molar-refractivity contribution in [2.45, 2.75) is 9.79 Å². The molecule has 28 heavy (non-hydrogen) atoms. The molecular formula is C20H17FN2O3S2. The molecule has 3 aromatic carbocycles. The van der Waals surface area contributed by atoms with Crippen molar-refractivity contribution in [1.82, 2.24) is 0 Å². The molecule has 0 fully saturated rings. The number of para-hydroxylation sites is 1. The quantitative estimate of drug-likeness (QED) is 0.576. The topological polar surface area (TPSA) is 75.3 Å². The van der Waals surface area contributed by atoms with Crippen molar-refractivity contribution in [3.8, 4) is 0 Å². The molecule has 0 atom stereocenters. The van der Waals surface area contributed by atoms with Crippen molar-refractivity contribution in [2.75, 3.05) is 16.3 Å². The first-order valence-electron chi connectivity index (χ1n) is 8.22. The number of hydrogen-bond acceptors (Lipinski definition) is 4. The number of anilines is 2. The maximum absolute atomic E-state index is 13.0. The lowest BCUT2D eigenvalue weighted by Crippen LogP contribution is -2.16. The smallest absolute Gasteiger partial charge is 0.261 e. The molecule has 0 bridgehead atoms. The zero-order valence-electron chi connectivity index (χ0n) is 14.8. The minimum Gasteiger partial charge on any atom is -0.321 e. The van der Waals surface area contributed by atoms with E-state index in [0.29, 0.717) is 5.69 Å². The third-order valence-electron chi connectivity index (χ3n) is 3.86. The van der Waals surface area contributed by atoms with Gasteiger partial charge in [0.2, 0.25) is 0 Å². The average molecular weight is 416 g/mol. The van der Waals surface area contributed by atoms with Crippen LogP contribution in [0, 0.1) is 5.82 Å². The fourth-order valence-corrected chi connectivity index (χ4v) is 4.14. The van der Waals surface area contributed by atoms with Gasteiger partial charge < -0.3 is 5.32 Å². The first-order valence-corrected chi connectivity index (χ1v) is 10.9. The van der Waals surface area contributed by atoms with Crippen LogP contribution in [0.5, 0.6) is 0 Å². The SMILES string of the molecule is CSc1ccccc1NC(=O)c1cccc(S(=O)(=O)Nc2ccc(F)cc2)c1. The highest BCUT2D eigenvalue weighted by molar-refractivity contribution is 7.98. The summed E-state index contributed by atoms with van der Waals surface area (Å²) in [6, 6.07) is 18.0. The molecule has 2 N–H and O–H groups in total. The van der Waals surface area contributed by atoms with Crippen molar-refractivity contribution in [2.24, 2.45) is 0 Å². The van der Waals surface area contributed by atoms with E-state index in [1.165, 1.54) is 48.2 Å². The highest BCUT2D eigenvalue weighted by atomic mass is 32.2. The number of carbonyl (C=O) groups excluding carboxylic acids is 1. The highest BCUT2D eigenvalue weighted by Crippen LogP contribution is 2.25. The summed E-state index contributed by atoms with van der Waals surface area (Å²) >= 11 is 1.49. The van der Waals surface area contributed by atoms with Gasteiger partial charge in [0.15, 0.2) is 0 Å². The zero-order valence-corrected chi connectivity index (χ0v) is 16.5. The van der Waals surface area contributed by atoms with Crippen molar-refractivity contribution < 1.29 is 17.6 Å². The van der Waals surface area contributed by atoms with Crippen LogP contribution in [0.3, 0.4) is 0 Å². The summed E-state index contributed by atoms with van der Waals surface area (Å²) in [5.41, 5.74) is 1.08. The molecule has 0 spiro atoms. The number of hydrogen-bond donors (Lipinski definition) is 2. The zero-order chi connectivity index (χ0) is 20.1. The Labute approximate surface area is 167 Å². The lowest BCUT2D eigenvalue weighted by atomic mass is 10.2. The third-order valence-corrected chi connectivity index (χ3v) is 6.03. The van der Waals surface area contributed by atoms with Gasteiger partial charge >= 0.3 is 0 Å². The molecule has 0 aliphatic rings. The van der Waals surface area contributed by atoms with Gasteiger partial charge in [0.25, 0.3) is 15.9 Å². The molecule has 0 saturated heterocycles. The molecular weight excluding hydrogens is 399 g/mol. The number of halogens is 1. The lowest BCUT2D eigenvalue weighted by molar-refractivity contribution is 0.102. The van der Waals surface area contributed by atoms with Gasteiger partial charge in [-0.3, -0.25) is 9.52 Å². The van der Waals surface area contributed by atoms with Gasteiger partial charge in [-0.15, -0.1) is 11.8 Å². The Bertz CT molecular complexity index is 1100. The first-order chi connectivity index (χ1) is 13.4. The van der Waals surface area contributed by atoms with Crippen LogP contribution in [0.4, 0.5) is 15.8 Å². The summed E-state index contributed by atoms with van der Waals surface area (Å²) < 4.78 is 40.5. The first kappa shape index (κ1) is 19.9. The third kappa shape index (κ3) is 4.71. The van der Waals surface area contributed by atoms with Gasteiger partial charge in [-0.2, -0.15) is 0 Å². The molecule has 0 heterocycles. The number of sulfonamides is 1. The van der Waals surface area contributed by atoms with E-state index in [2.05, 4.69) is 10.0 Å². The number of nitrogens with one attached hydrogen (secondary N) is 2. The second-order valence-electron chi connectivity index (χ2n) is 5.79. The normalized spacial score (nSPS) is 11.1. The van der Waals surface area contributed by atoms with Crippen molar-refractivity contribution in [1.29, 1.82) is 0 Å². The van der Waals surface area contributed by atoms with Gasteiger partial charge in [-0.05, 0) is 60.9 Å². The Hall–Kier alpha value is -2.84. The van der Waals surface area contributed by atoms with Crippen LogP contribution in [-0.4, -0.2) is 20.6 Å². The summed E-state index contributed by atoms with van der Waals surface area (Å²) in [6.45, 7) is 0. The van der Waals surface area contributed by atoms with Gasteiger partial charge in [0.1, 0.15) is 5.82 Å². The van der Waals surface area contributed by atoms with Crippen LogP contribution in [0.1, 0.15) is 10.4 Å². The predicted molar refractivity (Wildman–Crippen MR) is 110 cm³/mol. The van der Waals surface area contributed by atoms with E-state index in [1.54, 1.807) is 6.07 Å². The van der Waals surface area contributed by atoms with Crippen LogP contribution in [0.2, 0.25) is 0 Å². The molecule has 3 aromatic rings. The summed E-state index contributed by atoms with van der Waals surface area (Å²) in [5, 5.41) is 2.80. The second-order valence-corrected chi connectivity index (χ2v) is 8.33. The van der Waals surface area contributed by atoms with E-state index >= 15 is 0 Å². The molecule has 0 saturated carbocycles. The van der Waals surface area contributed by atoms with E-state index in [9.17, 15) is 17.6 Å². The fourth-order valence-electron chi connectivity index (χ4n) is 2.48. The van der Waals surface area contributed by atoms with Gasteiger partial charge in [0, 0.05) is 16.1 Å². The monoisotopic (exact) mass is 416 g/mol. The standard InChI is InChI=1S/C20H17FN2O3S2/c1-27-19-8-3-2-7-18(19)22-20(24)14-5-4-6-17(13-14)28(25,26)23-16-11-9-15(21)10-12-16/h2-13,23H,1H3,(H,22,24). The van der Waals surface area contributed by atoms with Gasteiger partial charge in [-0.1, -0.05) is 18.2 Å². The number of rotatable bonds is 6. The number of carbonyl (C=O) groups is 1. The van der Waals surface area contributed by atoms with E-state index in [1.807, 2.05) is 24.5 Å².